The fourth-order valence-corrected chi connectivity index (χ4v) is 3.68. The molecular weight excluding hydrogens is 270 g/mol. The van der Waals surface area contributed by atoms with Gasteiger partial charge in [0.05, 0.1) is 5.75 Å². The molecule has 1 N–H and O–H groups in total. The predicted octanol–water partition coefficient (Wildman–Crippen LogP) is 2.90. The second kappa shape index (κ2) is 6.43. The third-order valence-electron chi connectivity index (χ3n) is 2.96. The quantitative estimate of drug-likeness (QED) is 0.808. The molecule has 2 rings (SSSR count). The van der Waals surface area contributed by atoms with Crippen LogP contribution < -0.4 is 0 Å². The molecule has 18 heavy (non-hydrogen) atoms. The summed E-state index contributed by atoms with van der Waals surface area (Å²) in [6, 6.07) is 0. The molecule has 0 atom stereocenters. The lowest BCUT2D eigenvalue weighted by Gasteiger charge is -2.17. The van der Waals surface area contributed by atoms with Crippen LogP contribution in [0.4, 0.5) is 0 Å². The lowest BCUT2D eigenvalue weighted by Crippen LogP contribution is -2.04. The molecule has 0 aromatic heterocycles. The average Bonchev–Trinajstić information content (AvgIpc) is 2.69. The van der Waals surface area contributed by atoms with E-state index in [0.29, 0.717) is 16.0 Å². The van der Waals surface area contributed by atoms with Crippen molar-refractivity contribution in [3.8, 4) is 0 Å². The summed E-state index contributed by atoms with van der Waals surface area (Å²) in [7, 11) is 0. The Labute approximate surface area is 114 Å². The van der Waals surface area contributed by atoms with Crippen LogP contribution >= 0.6 is 23.5 Å². The van der Waals surface area contributed by atoms with Crippen LogP contribution in [0.5, 0.6) is 0 Å². The second-order valence-corrected chi connectivity index (χ2v) is 6.58. The highest BCUT2D eigenvalue weighted by atomic mass is 32.2. The predicted molar refractivity (Wildman–Crippen MR) is 74.8 cm³/mol. The van der Waals surface area contributed by atoms with Gasteiger partial charge >= 0.3 is 5.97 Å². The van der Waals surface area contributed by atoms with Crippen LogP contribution in [0.2, 0.25) is 0 Å². The van der Waals surface area contributed by atoms with Crippen molar-refractivity contribution >= 4 is 39.0 Å². The van der Waals surface area contributed by atoms with E-state index in [9.17, 15) is 9.59 Å². The van der Waals surface area contributed by atoms with Gasteiger partial charge in [-0.3, -0.25) is 9.59 Å². The molecule has 0 aromatic carbocycles. The number of carbonyl (C=O) groups excluding carboxylic acids is 1. The molecule has 1 fully saturated rings. The number of carbonyl (C=O) groups is 2. The zero-order chi connectivity index (χ0) is 13.0. The third-order valence-corrected chi connectivity index (χ3v) is 4.96. The number of hydrogen-bond donors (Lipinski definition) is 1. The SMILES string of the molecule is O=C(O)CSC1=NC(=CC2CCCCC2)C(=O)S1. The summed E-state index contributed by atoms with van der Waals surface area (Å²) in [5.74, 6) is -0.471. The van der Waals surface area contributed by atoms with Crippen molar-refractivity contribution < 1.29 is 14.7 Å². The van der Waals surface area contributed by atoms with E-state index in [-0.39, 0.29) is 10.9 Å². The Balaban J connectivity index is 1.97. The Morgan fingerprint density at radius 2 is 2.17 bits per heavy atom. The molecule has 0 amide bonds. The number of thioether (sulfide) groups is 2. The Morgan fingerprint density at radius 1 is 1.44 bits per heavy atom. The summed E-state index contributed by atoms with van der Waals surface area (Å²) >= 11 is 2.16. The Hall–Kier alpha value is -0.750. The average molecular weight is 285 g/mol. The smallest absolute Gasteiger partial charge is 0.313 e. The molecule has 6 heteroatoms. The monoisotopic (exact) mass is 285 g/mol. The fraction of sp³-hybridized carbons (Fsp3) is 0.583. The standard InChI is InChI=1S/C12H15NO3S2/c14-10(15)7-17-12-13-9(11(16)18-12)6-8-4-2-1-3-5-8/h6,8H,1-5,7H2,(H,14,15). The molecular formula is C12H15NO3S2. The Kier molecular flexibility index (Phi) is 4.88. The van der Waals surface area contributed by atoms with Crippen LogP contribution in [0.3, 0.4) is 0 Å². The maximum atomic E-state index is 11.7. The van der Waals surface area contributed by atoms with Crippen LogP contribution in [0, 0.1) is 5.92 Å². The first-order valence-electron chi connectivity index (χ1n) is 6.02. The minimum Gasteiger partial charge on any atom is -0.481 e. The van der Waals surface area contributed by atoms with Gasteiger partial charge in [0.1, 0.15) is 10.1 Å². The highest BCUT2D eigenvalue weighted by Gasteiger charge is 2.24. The van der Waals surface area contributed by atoms with Gasteiger partial charge in [-0.1, -0.05) is 37.1 Å². The zero-order valence-electron chi connectivity index (χ0n) is 9.92. The Morgan fingerprint density at radius 3 is 2.83 bits per heavy atom. The van der Waals surface area contributed by atoms with Gasteiger partial charge < -0.3 is 5.11 Å². The van der Waals surface area contributed by atoms with Gasteiger partial charge in [0.2, 0.25) is 5.12 Å². The number of aliphatic imine (C=N–C) groups is 1. The molecule has 1 saturated carbocycles. The molecule has 0 saturated heterocycles. The van der Waals surface area contributed by atoms with Gasteiger partial charge in [-0.25, -0.2) is 4.99 Å². The van der Waals surface area contributed by atoms with E-state index in [0.717, 1.165) is 36.4 Å². The van der Waals surface area contributed by atoms with E-state index in [4.69, 9.17) is 5.11 Å². The first-order valence-corrected chi connectivity index (χ1v) is 7.82. The van der Waals surface area contributed by atoms with E-state index in [2.05, 4.69) is 4.99 Å². The largest absolute Gasteiger partial charge is 0.481 e. The number of hydrogen-bond acceptors (Lipinski definition) is 5. The van der Waals surface area contributed by atoms with Crippen molar-refractivity contribution in [3.63, 3.8) is 0 Å². The van der Waals surface area contributed by atoms with Crippen LogP contribution in [0.25, 0.3) is 0 Å². The van der Waals surface area contributed by atoms with E-state index in [1.54, 1.807) is 0 Å². The van der Waals surface area contributed by atoms with Gasteiger partial charge in [0, 0.05) is 0 Å². The highest BCUT2D eigenvalue weighted by Crippen LogP contribution is 2.33. The van der Waals surface area contributed by atoms with Crippen molar-refractivity contribution in [1.82, 2.24) is 0 Å². The minimum atomic E-state index is -0.888. The van der Waals surface area contributed by atoms with Crippen LogP contribution in [-0.2, 0) is 9.59 Å². The molecule has 0 unspecified atom stereocenters. The number of nitrogens with zero attached hydrogens (tertiary/aromatic N) is 1. The highest BCUT2D eigenvalue weighted by molar-refractivity contribution is 8.45. The third kappa shape index (κ3) is 3.88. The molecule has 0 aromatic rings. The first kappa shape index (κ1) is 13.7. The first-order chi connectivity index (χ1) is 8.65. The molecule has 98 valence electrons. The summed E-state index contributed by atoms with van der Waals surface area (Å²) in [5, 5.41) is 8.53. The fourth-order valence-electron chi connectivity index (χ4n) is 2.11. The molecule has 2 aliphatic rings. The maximum absolute atomic E-state index is 11.7. The molecule has 1 heterocycles. The lowest BCUT2D eigenvalue weighted by molar-refractivity contribution is -0.133. The van der Waals surface area contributed by atoms with Crippen LogP contribution in [0.1, 0.15) is 32.1 Å². The number of carboxylic acid groups (broad SMARTS) is 1. The molecule has 1 aliphatic heterocycles. The van der Waals surface area contributed by atoms with Crippen molar-refractivity contribution in [3.05, 3.63) is 11.8 Å². The molecule has 0 spiro atoms. The maximum Gasteiger partial charge on any atom is 0.313 e. The Bertz CT molecular complexity index is 412. The van der Waals surface area contributed by atoms with Gasteiger partial charge in [0.15, 0.2) is 0 Å². The topological polar surface area (TPSA) is 66.7 Å². The minimum absolute atomic E-state index is 0.0458. The number of rotatable bonds is 3. The molecule has 0 bridgehead atoms. The van der Waals surface area contributed by atoms with Gasteiger partial charge in [-0.2, -0.15) is 0 Å². The summed E-state index contributed by atoms with van der Waals surface area (Å²) < 4.78 is 0.560. The van der Waals surface area contributed by atoms with Crippen molar-refractivity contribution in [1.29, 1.82) is 0 Å². The summed E-state index contributed by atoms with van der Waals surface area (Å²) in [6.07, 6.45) is 7.97. The molecule has 0 radical (unpaired) electrons. The number of carboxylic acids is 1. The van der Waals surface area contributed by atoms with E-state index in [1.807, 2.05) is 6.08 Å². The van der Waals surface area contributed by atoms with Gasteiger partial charge in [-0.05, 0) is 30.5 Å². The van der Waals surface area contributed by atoms with E-state index < -0.39 is 5.97 Å². The summed E-state index contributed by atoms with van der Waals surface area (Å²) in [4.78, 5) is 26.4. The lowest BCUT2D eigenvalue weighted by atomic mass is 9.89. The van der Waals surface area contributed by atoms with Crippen molar-refractivity contribution in [2.24, 2.45) is 10.9 Å². The summed E-state index contributed by atoms with van der Waals surface area (Å²) in [6.45, 7) is 0. The van der Waals surface area contributed by atoms with Gasteiger partial charge in [0.25, 0.3) is 0 Å². The molecule has 4 nitrogen and oxygen atoms in total. The van der Waals surface area contributed by atoms with E-state index >= 15 is 0 Å². The van der Waals surface area contributed by atoms with Crippen molar-refractivity contribution in [2.45, 2.75) is 32.1 Å². The normalized spacial score (nSPS) is 23.4. The zero-order valence-corrected chi connectivity index (χ0v) is 11.6. The summed E-state index contributed by atoms with van der Waals surface area (Å²) in [5.41, 5.74) is 0.514. The van der Waals surface area contributed by atoms with Crippen LogP contribution in [0.15, 0.2) is 16.8 Å². The number of allylic oxidation sites excluding steroid dienone is 1. The second-order valence-electron chi connectivity index (χ2n) is 4.40. The van der Waals surface area contributed by atoms with Crippen molar-refractivity contribution in [2.75, 3.05) is 5.75 Å². The van der Waals surface area contributed by atoms with Gasteiger partial charge in [-0.15, -0.1) is 0 Å². The van der Waals surface area contributed by atoms with E-state index in [1.165, 1.54) is 19.3 Å². The molecule has 1 aliphatic carbocycles. The van der Waals surface area contributed by atoms with Crippen LogP contribution in [-0.4, -0.2) is 26.3 Å². The number of aliphatic carboxylic acids is 1.